The molecular weight excluding hydrogens is 846 g/mol. The zero-order valence-electron chi connectivity index (χ0n) is 28.8. The van der Waals surface area contributed by atoms with Gasteiger partial charge in [0.05, 0.1) is 33.8 Å². The van der Waals surface area contributed by atoms with Crippen molar-refractivity contribution < 1.29 is 30.6 Å². The molecule has 10 rings (SSSR count). The third kappa shape index (κ3) is 5.53. The number of rotatable bonds is 6. The summed E-state index contributed by atoms with van der Waals surface area (Å²) in [6.07, 6.45) is 0. The number of phenolic OH excluding ortho intramolecular Hbond substituents is 1. The first-order chi connectivity index (χ1) is 26.2. The molecule has 260 valence electrons. The van der Waals surface area contributed by atoms with Crippen LogP contribution < -0.4 is 0 Å². The smallest absolute Gasteiger partial charge is 0.124 e. The molecule has 0 fully saturated rings. The van der Waals surface area contributed by atoms with Gasteiger partial charge in [-0.25, -0.2) is 4.98 Å². The normalized spacial score (nSPS) is 11.3. The fourth-order valence-electron chi connectivity index (χ4n) is 7.49. The number of fused-ring (bicyclic) bond motifs is 4. The average molecular weight is 876 g/mol. The third-order valence-electron chi connectivity index (χ3n) is 9.89. The number of aromatic nitrogens is 3. The van der Waals surface area contributed by atoms with Gasteiger partial charge in [-0.2, -0.15) is 0 Å². The molecule has 7 aromatic carbocycles. The molecule has 0 aliphatic heterocycles. The van der Waals surface area contributed by atoms with E-state index in [-0.39, 0.29) is 26.8 Å². The van der Waals surface area contributed by atoms with Crippen LogP contribution in [0.5, 0.6) is 5.75 Å². The molecule has 5 nitrogen and oxygen atoms in total. The molecule has 10 aromatic rings. The van der Waals surface area contributed by atoms with Gasteiger partial charge in [0.15, 0.2) is 0 Å². The van der Waals surface area contributed by atoms with Gasteiger partial charge in [-0.15, -0.1) is 18.2 Å². The summed E-state index contributed by atoms with van der Waals surface area (Å²) in [5.41, 5.74) is 12.4. The Morgan fingerprint density at radius 2 is 1.15 bits per heavy atom. The zero-order chi connectivity index (χ0) is 35.3. The molecule has 3 heterocycles. The molecular formula is C48H30N3O2Pt-. The van der Waals surface area contributed by atoms with E-state index in [0.29, 0.717) is 17.1 Å². The summed E-state index contributed by atoms with van der Waals surface area (Å²) in [6.45, 7) is 0. The Hall–Kier alpha value is -6.55. The van der Waals surface area contributed by atoms with Crippen molar-refractivity contribution in [2.75, 3.05) is 0 Å². The maximum atomic E-state index is 10.7. The number of hydrogen-bond acceptors (Lipinski definition) is 4. The van der Waals surface area contributed by atoms with E-state index in [9.17, 15) is 5.11 Å². The van der Waals surface area contributed by atoms with Gasteiger partial charge in [-0.05, 0) is 59.2 Å². The van der Waals surface area contributed by atoms with E-state index in [1.807, 2.05) is 66.7 Å². The largest absolute Gasteiger partial charge is 0.507 e. The SMILES string of the molecule is Oc1ccccc1-c1cccc(-c2cccc3c2nc(-c2[c-]ccc4c2oc2cccc(-c5ccccc5)c24)n3-c2ccccc2-c2ccccc2)n1.[Pt]. The number of nitrogens with zero attached hydrogens (tertiary/aromatic N) is 3. The topological polar surface area (TPSA) is 64.1 Å². The van der Waals surface area contributed by atoms with Gasteiger partial charge >= 0.3 is 0 Å². The number of benzene rings is 7. The molecule has 3 aromatic heterocycles. The molecule has 0 atom stereocenters. The first-order valence-corrected chi connectivity index (χ1v) is 17.6. The first-order valence-electron chi connectivity index (χ1n) is 17.6. The fraction of sp³-hybridized carbons (Fsp3) is 0. The standard InChI is InChI=1S/C48H30N3O2.Pt/c52-43-29-10-8-20-35(43)39-25-14-26-40(49-39)36-22-12-28-42-46(36)50-48(51(42)41-27-9-7-19-33(41)31-15-3-1-4-16-31)38-24-11-23-37-45-34(32-17-5-2-6-18-32)21-13-30-44(45)53-47(37)38;/h1-23,25-30,52H;/q-1;. The molecule has 0 amide bonds. The number of hydrogen-bond donors (Lipinski definition) is 1. The molecule has 0 aliphatic rings. The summed E-state index contributed by atoms with van der Waals surface area (Å²) in [7, 11) is 0. The second-order valence-electron chi connectivity index (χ2n) is 13.0. The molecule has 6 heteroatoms. The Bertz CT molecular complexity index is 2970. The molecule has 0 aliphatic carbocycles. The Morgan fingerprint density at radius 3 is 1.93 bits per heavy atom. The maximum Gasteiger partial charge on any atom is 0.124 e. The minimum absolute atomic E-state index is 0. The van der Waals surface area contributed by atoms with Gasteiger partial charge < -0.3 is 14.1 Å². The van der Waals surface area contributed by atoms with E-state index in [2.05, 4.69) is 114 Å². The average Bonchev–Trinajstić information content (AvgIpc) is 3.81. The monoisotopic (exact) mass is 875 g/mol. The first kappa shape index (κ1) is 33.3. The molecule has 0 bridgehead atoms. The van der Waals surface area contributed by atoms with Gasteiger partial charge in [-0.3, -0.25) is 4.98 Å². The van der Waals surface area contributed by atoms with E-state index in [0.717, 1.165) is 77.7 Å². The quantitative estimate of drug-likeness (QED) is 0.169. The van der Waals surface area contributed by atoms with Crippen LogP contribution in [0.25, 0.3) is 94.8 Å². The maximum absolute atomic E-state index is 10.7. The van der Waals surface area contributed by atoms with Gasteiger partial charge in [0.1, 0.15) is 11.3 Å². The van der Waals surface area contributed by atoms with Crippen LogP contribution >= 0.6 is 0 Å². The summed E-state index contributed by atoms with van der Waals surface area (Å²) in [5, 5.41) is 12.7. The van der Waals surface area contributed by atoms with Crippen LogP contribution in [0, 0.1) is 6.07 Å². The van der Waals surface area contributed by atoms with E-state index in [1.54, 1.807) is 6.07 Å². The van der Waals surface area contributed by atoms with E-state index in [4.69, 9.17) is 14.4 Å². The van der Waals surface area contributed by atoms with Gasteiger partial charge in [0, 0.05) is 48.8 Å². The number of pyridine rings is 1. The van der Waals surface area contributed by atoms with Crippen LogP contribution in [-0.2, 0) is 21.1 Å². The van der Waals surface area contributed by atoms with Crippen molar-refractivity contribution in [3.8, 4) is 67.6 Å². The summed E-state index contributed by atoms with van der Waals surface area (Å²) < 4.78 is 9.00. The van der Waals surface area contributed by atoms with Crippen molar-refractivity contribution in [1.82, 2.24) is 14.5 Å². The predicted molar refractivity (Wildman–Crippen MR) is 214 cm³/mol. The van der Waals surface area contributed by atoms with Crippen molar-refractivity contribution >= 4 is 33.0 Å². The molecule has 0 saturated carbocycles. The van der Waals surface area contributed by atoms with Crippen LogP contribution in [-0.4, -0.2) is 19.6 Å². The van der Waals surface area contributed by atoms with Gasteiger partial charge in [-0.1, -0.05) is 132 Å². The van der Waals surface area contributed by atoms with Crippen molar-refractivity contribution in [2.45, 2.75) is 0 Å². The van der Waals surface area contributed by atoms with Crippen LogP contribution in [0.4, 0.5) is 0 Å². The predicted octanol–water partition coefficient (Wildman–Crippen LogP) is 12.2. The fourth-order valence-corrected chi connectivity index (χ4v) is 7.49. The molecule has 0 spiro atoms. The second kappa shape index (κ2) is 13.8. The zero-order valence-corrected chi connectivity index (χ0v) is 31.0. The molecule has 0 radical (unpaired) electrons. The summed E-state index contributed by atoms with van der Waals surface area (Å²) in [6, 6.07) is 62.5. The van der Waals surface area contributed by atoms with Crippen LogP contribution in [0.1, 0.15) is 0 Å². The van der Waals surface area contributed by atoms with E-state index in [1.165, 1.54) is 0 Å². The number of furan rings is 1. The Morgan fingerprint density at radius 1 is 0.537 bits per heavy atom. The van der Waals surface area contributed by atoms with Crippen molar-refractivity contribution in [1.29, 1.82) is 0 Å². The van der Waals surface area contributed by atoms with Crippen molar-refractivity contribution in [3.63, 3.8) is 0 Å². The molecule has 0 unspecified atom stereocenters. The summed E-state index contributed by atoms with van der Waals surface area (Å²) >= 11 is 0. The Kier molecular flexibility index (Phi) is 8.49. The molecule has 1 N–H and O–H groups in total. The van der Waals surface area contributed by atoms with Gasteiger partial charge in [0.2, 0.25) is 0 Å². The Labute approximate surface area is 326 Å². The minimum atomic E-state index is 0. The van der Waals surface area contributed by atoms with Crippen LogP contribution in [0.15, 0.2) is 180 Å². The summed E-state index contributed by atoms with van der Waals surface area (Å²) in [5.74, 6) is 0.892. The Balaban J connectivity index is 0.00000384. The van der Waals surface area contributed by atoms with Crippen LogP contribution in [0.3, 0.4) is 0 Å². The number of aromatic hydroxyl groups is 1. The number of phenols is 1. The minimum Gasteiger partial charge on any atom is -0.507 e. The van der Waals surface area contributed by atoms with Crippen molar-refractivity contribution in [2.24, 2.45) is 0 Å². The summed E-state index contributed by atoms with van der Waals surface area (Å²) in [4.78, 5) is 10.5. The van der Waals surface area contributed by atoms with E-state index < -0.39 is 0 Å². The molecule has 0 saturated heterocycles. The number of para-hydroxylation sites is 3. The van der Waals surface area contributed by atoms with Crippen molar-refractivity contribution in [3.05, 3.63) is 182 Å². The second-order valence-corrected chi connectivity index (χ2v) is 13.0. The van der Waals surface area contributed by atoms with E-state index >= 15 is 0 Å². The molecule has 54 heavy (non-hydrogen) atoms. The van der Waals surface area contributed by atoms with Gasteiger partial charge in [0.25, 0.3) is 0 Å². The van der Waals surface area contributed by atoms with Crippen LogP contribution in [0.2, 0.25) is 0 Å². The number of imidazole rings is 1. The third-order valence-corrected chi connectivity index (χ3v) is 9.89.